The number of aromatic nitrogens is 1. The first kappa shape index (κ1) is 22.1. The fraction of sp³-hybridized carbons (Fsp3) is 0.154. The number of carbonyl (C=O) groups excluding carboxylic acids is 1. The van der Waals surface area contributed by atoms with E-state index >= 15 is 0 Å². The third-order valence-electron chi connectivity index (χ3n) is 4.89. The summed E-state index contributed by atoms with van der Waals surface area (Å²) >= 11 is 7.55. The molecule has 3 aromatic carbocycles. The van der Waals surface area contributed by atoms with E-state index in [4.69, 9.17) is 21.3 Å². The van der Waals surface area contributed by atoms with Crippen LogP contribution >= 0.6 is 22.9 Å². The molecule has 0 aliphatic heterocycles. The number of thiazole rings is 1. The van der Waals surface area contributed by atoms with Gasteiger partial charge in [0.15, 0.2) is 0 Å². The van der Waals surface area contributed by atoms with Gasteiger partial charge in [-0.3, -0.25) is 4.79 Å². The highest BCUT2D eigenvalue weighted by Crippen LogP contribution is 2.33. The lowest BCUT2D eigenvalue weighted by molar-refractivity contribution is -0.116. The Morgan fingerprint density at radius 3 is 2.41 bits per heavy atom. The van der Waals surface area contributed by atoms with Gasteiger partial charge < -0.3 is 10.1 Å². The van der Waals surface area contributed by atoms with Gasteiger partial charge in [0.1, 0.15) is 10.8 Å². The summed E-state index contributed by atoms with van der Waals surface area (Å²) in [6, 6.07) is 25.2. The predicted octanol–water partition coefficient (Wildman–Crippen LogP) is 7.24. The van der Waals surface area contributed by atoms with E-state index in [1.807, 2.05) is 54.6 Å². The van der Waals surface area contributed by atoms with Crippen LogP contribution in [0, 0.1) is 6.92 Å². The largest absolute Gasteiger partial charge is 0.494 e. The molecule has 4 aromatic rings. The van der Waals surface area contributed by atoms with Crippen LogP contribution in [0.15, 0.2) is 78.9 Å². The Kier molecular flexibility index (Phi) is 7.20. The summed E-state index contributed by atoms with van der Waals surface area (Å²) in [4.78, 5) is 18.2. The molecule has 0 spiro atoms. The summed E-state index contributed by atoms with van der Waals surface area (Å²) in [5, 5.41) is 4.62. The highest BCUT2D eigenvalue weighted by Gasteiger charge is 2.11. The van der Waals surface area contributed by atoms with Crippen molar-refractivity contribution in [3.63, 3.8) is 0 Å². The molecular formula is C26H23ClN2O2S. The number of anilines is 1. The summed E-state index contributed by atoms with van der Waals surface area (Å²) in [6.07, 6.45) is 1.02. The molecule has 4 rings (SSSR count). The maximum atomic E-state index is 12.2. The maximum absolute atomic E-state index is 12.2. The minimum absolute atomic E-state index is 0.0336. The van der Waals surface area contributed by atoms with Gasteiger partial charge in [-0.2, -0.15) is 0 Å². The zero-order chi connectivity index (χ0) is 22.3. The third-order valence-corrected chi connectivity index (χ3v) is 6.16. The van der Waals surface area contributed by atoms with Crippen molar-refractivity contribution in [1.29, 1.82) is 0 Å². The molecule has 0 radical (unpaired) electrons. The number of ether oxygens (including phenoxy) is 1. The number of aryl methyl sites for hydroxylation is 1. The third kappa shape index (κ3) is 5.75. The topological polar surface area (TPSA) is 51.2 Å². The van der Waals surface area contributed by atoms with Crippen molar-refractivity contribution in [1.82, 2.24) is 4.98 Å². The van der Waals surface area contributed by atoms with Crippen LogP contribution in [-0.2, 0) is 4.79 Å². The number of carbonyl (C=O) groups is 1. The fourth-order valence-electron chi connectivity index (χ4n) is 3.26. The lowest BCUT2D eigenvalue weighted by Crippen LogP contribution is -2.12. The number of nitrogens with one attached hydrogen (secondary N) is 1. The number of benzene rings is 3. The number of rotatable bonds is 8. The smallest absolute Gasteiger partial charge is 0.224 e. The molecule has 1 N–H and O–H groups in total. The van der Waals surface area contributed by atoms with Crippen molar-refractivity contribution >= 4 is 34.5 Å². The standard InChI is InChI=1S/C26H23ClN2O2S/c1-18-25(29-26(32-18)20-6-3-2-4-7-20)19-9-13-22(14-10-19)28-24(30)8-5-17-31-23-15-11-21(27)12-16-23/h2-4,6-7,9-16H,5,8,17H2,1H3,(H,28,30). The molecule has 162 valence electrons. The molecule has 0 atom stereocenters. The first-order valence-corrected chi connectivity index (χ1v) is 11.6. The van der Waals surface area contributed by atoms with Gasteiger partial charge in [-0.25, -0.2) is 4.98 Å². The van der Waals surface area contributed by atoms with Gasteiger partial charge in [0, 0.05) is 33.1 Å². The Morgan fingerprint density at radius 1 is 0.969 bits per heavy atom. The van der Waals surface area contributed by atoms with Crippen LogP contribution in [0.4, 0.5) is 5.69 Å². The SMILES string of the molecule is Cc1sc(-c2ccccc2)nc1-c1ccc(NC(=O)CCCOc2ccc(Cl)cc2)cc1. The van der Waals surface area contributed by atoms with E-state index in [1.54, 1.807) is 23.5 Å². The minimum atomic E-state index is -0.0336. The summed E-state index contributed by atoms with van der Waals surface area (Å²) in [5.74, 6) is 0.715. The molecule has 0 aliphatic rings. The van der Waals surface area contributed by atoms with Crippen molar-refractivity contribution < 1.29 is 9.53 Å². The molecule has 4 nitrogen and oxygen atoms in total. The lowest BCUT2D eigenvalue weighted by atomic mass is 10.1. The van der Waals surface area contributed by atoms with Crippen LogP contribution in [-0.4, -0.2) is 17.5 Å². The van der Waals surface area contributed by atoms with Crippen molar-refractivity contribution in [2.24, 2.45) is 0 Å². The van der Waals surface area contributed by atoms with E-state index in [-0.39, 0.29) is 5.91 Å². The van der Waals surface area contributed by atoms with Crippen molar-refractivity contribution in [2.45, 2.75) is 19.8 Å². The summed E-state index contributed by atoms with van der Waals surface area (Å²) in [6.45, 7) is 2.56. The van der Waals surface area contributed by atoms with Gasteiger partial charge in [-0.15, -0.1) is 11.3 Å². The van der Waals surface area contributed by atoms with Crippen molar-refractivity contribution in [3.05, 3.63) is 88.8 Å². The quantitative estimate of drug-likeness (QED) is 0.281. The second-order valence-corrected chi connectivity index (χ2v) is 8.96. The zero-order valence-corrected chi connectivity index (χ0v) is 19.2. The Hall–Kier alpha value is -3.15. The van der Waals surface area contributed by atoms with Crippen molar-refractivity contribution in [3.8, 4) is 27.6 Å². The van der Waals surface area contributed by atoms with E-state index in [0.29, 0.717) is 24.5 Å². The zero-order valence-electron chi connectivity index (χ0n) is 17.7. The molecule has 0 saturated heterocycles. The first-order valence-electron chi connectivity index (χ1n) is 10.4. The first-order chi connectivity index (χ1) is 15.6. The van der Waals surface area contributed by atoms with Crippen LogP contribution in [0.1, 0.15) is 17.7 Å². The van der Waals surface area contributed by atoms with Gasteiger partial charge in [-0.1, -0.05) is 54.1 Å². The minimum Gasteiger partial charge on any atom is -0.494 e. The average molecular weight is 463 g/mol. The monoisotopic (exact) mass is 462 g/mol. The van der Waals surface area contributed by atoms with Crippen molar-refractivity contribution in [2.75, 3.05) is 11.9 Å². The van der Waals surface area contributed by atoms with Crippen LogP contribution in [0.5, 0.6) is 5.75 Å². The Balaban J connectivity index is 1.29. The van der Waals surface area contributed by atoms with E-state index in [2.05, 4.69) is 24.4 Å². The maximum Gasteiger partial charge on any atom is 0.224 e. The van der Waals surface area contributed by atoms with Crippen LogP contribution in [0.3, 0.4) is 0 Å². The van der Waals surface area contributed by atoms with Crippen LogP contribution < -0.4 is 10.1 Å². The molecule has 0 saturated carbocycles. The Morgan fingerprint density at radius 2 is 1.69 bits per heavy atom. The number of hydrogen-bond donors (Lipinski definition) is 1. The Labute approximate surface area is 196 Å². The normalized spacial score (nSPS) is 10.7. The van der Waals surface area contributed by atoms with Crippen LogP contribution in [0.2, 0.25) is 5.02 Å². The molecule has 0 unspecified atom stereocenters. The van der Waals surface area contributed by atoms with Gasteiger partial charge >= 0.3 is 0 Å². The molecular weight excluding hydrogens is 440 g/mol. The molecule has 6 heteroatoms. The summed E-state index contributed by atoms with van der Waals surface area (Å²) in [7, 11) is 0. The van der Waals surface area contributed by atoms with Gasteiger partial charge in [0.2, 0.25) is 5.91 Å². The second kappa shape index (κ2) is 10.4. The van der Waals surface area contributed by atoms with Gasteiger partial charge in [-0.05, 0) is 49.7 Å². The number of nitrogens with zero attached hydrogens (tertiary/aromatic N) is 1. The molecule has 0 fully saturated rings. The Bertz CT molecular complexity index is 1170. The second-order valence-electron chi connectivity index (χ2n) is 7.32. The highest BCUT2D eigenvalue weighted by atomic mass is 35.5. The number of amides is 1. The highest BCUT2D eigenvalue weighted by molar-refractivity contribution is 7.15. The summed E-state index contributed by atoms with van der Waals surface area (Å²) in [5.41, 5.74) is 3.91. The predicted molar refractivity (Wildman–Crippen MR) is 133 cm³/mol. The van der Waals surface area contributed by atoms with E-state index in [1.165, 1.54) is 4.88 Å². The molecule has 1 aromatic heterocycles. The molecule has 1 amide bonds. The lowest BCUT2D eigenvalue weighted by Gasteiger charge is -2.08. The van der Waals surface area contributed by atoms with E-state index in [9.17, 15) is 4.79 Å². The van der Waals surface area contributed by atoms with E-state index < -0.39 is 0 Å². The fourth-order valence-corrected chi connectivity index (χ4v) is 4.32. The summed E-state index contributed by atoms with van der Waals surface area (Å²) < 4.78 is 5.63. The van der Waals surface area contributed by atoms with Crippen LogP contribution in [0.25, 0.3) is 21.8 Å². The number of hydrogen-bond acceptors (Lipinski definition) is 4. The average Bonchev–Trinajstić information content (AvgIpc) is 3.21. The molecule has 32 heavy (non-hydrogen) atoms. The molecule has 0 aliphatic carbocycles. The van der Waals surface area contributed by atoms with E-state index in [0.717, 1.165) is 33.3 Å². The molecule has 0 bridgehead atoms. The van der Waals surface area contributed by atoms with Gasteiger partial charge in [0.05, 0.1) is 12.3 Å². The van der Waals surface area contributed by atoms with Gasteiger partial charge in [0.25, 0.3) is 0 Å². The number of halogens is 1. The molecule has 1 heterocycles.